The molecule has 0 bridgehead atoms. The predicted molar refractivity (Wildman–Crippen MR) is 129 cm³/mol. The van der Waals surface area contributed by atoms with Gasteiger partial charge in [-0.05, 0) is 35.9 Å². The number of benzene rings is 3. The molecule has 0 aromatic heterocycles. The van der Waals surface area contributed by atoms with Gasteiger partial charge in [0.1, 0.15) is 23.0 Å². The van der Waals surface area contributed by atoms with Crippen LogP contribution in [0, 0.1) is 11.6 Å². The Balaban J connectivity index is 1.46. The van der Waals surface area contributed by atoms with E-state index >= 15 is 0 Å². The van der Waals surface area contributed by atoms with E-state index in [4.69, 9.17) is 4.74 Å². The second kappa shape index (κ2) is 9.68. The Kier molecular flexibility index (Phi) is 6.29. The van der Waals surface area contributed by atoms with E-state index in [9.17, 15) is 18.4 Å². The van der Waals surface area contributed by atoms with E-state index in [0.29, 0.717) is 36.9 Å². The summed E-state index contributed by atoms with van der Waals surface area (Å²) in [5.41, 5.74) is 2.16. The zero-order chi connectivity index (χ0) is 24.4. The Morgan fingerprint density at radius 3 is 2.54 bits per heavy atom. The molecule has 6 nitrogen and oxygen atoms in total. The van der Waals surface area contributed by atoms with Crippen molar-refractivity contribution in [1.82, 2.24) is 0 Å². The number of ether oxygens (including phenoxy) is 1. The number of fused-ring (bicyclic) bond motifs is 3. The number of amides is 1. The summed E-state index contributed by atoms with van der Waals surface area (Å²) in [6.45, 7) is 1.31. The summed E-state index contributed by atoms with van der Waals surface area (Å²) in [5, 5.41) is 2.52. The molecule has 0 spiro atoms. The number of carbonyl (C=O) groups excluding carboxylic acids is 2. The third-order valence-corrected chi connectivity index (χ3v) is 6.02. The number of para-hydroxylation sites is 1. The molecular formula is C27H23F2N3O3. The van der Waals surface area contributed by atoms with Crippen LogP contribution in [0.1, 0.15) is 12.0 Å². The van der Waals surface area contributed by atoms with Crippen molar-refractivity contribution in [3.63, 3.8) is 0 Å². The van der Waals surface area contributed by atoms with Crippen LogP contribution in [0.4, 0.5) is 25.8 Å². The molecule has 1 N–H and O–H groups in total. The third kappa shape index (κ3) is 4.52. The summed E-state index contributed by atoms with van der Waals surface area (Å²) < 4.78 is 34.2. The SMILES string of the molecule is O=C1CCN2C(=C1C(=O)Nc1ccccc1F)N(CCOCc1ccccc1)c1cc(F)ccc12. The Morgan fingerprint density at radius 1 is 0.971 bits per heavy atom. The molecule has 178 valence electrons. The normalized spacial score (nSPS) is 14.7. The fourth-order valence-corrected chi connectivity index (χ4v) is 4.40. The van der Waals surface area contributed by atoms with Gasteiger partial charge in [0.05, 0.1) is 30.3 Å². The van der Waals surface area contributed by atoms with Gasteiger partial charge < -0.3 is 19.9 Å². The third-order valence-electron chi connectivity index (χ3n) is 6.02. The van der Waals surface area contributed by atoms with E-state index < -0.39 is 17.5 Å². The first-order valence-corrected chi connectivity index (χ1v) is 11.3. The van der Waals surface area contributed by atoms with Crippen LogP contribution in [0.3, 0.4) is 0 Å². The second-order valence-electron chi connectivity index (χ2n) is 8.28. The topological polar surface area (TPSA) is 61.9 Å². The predicted octanol–water partition coefficient (Wildman–Crippen LogP) is 4.63. The van der Waals surface area contributed by atoms with Crippen LogP contribution in [-0.4, -0.2) is 31.4 Å². The van der Waals surface area contributed by atoms with E-state index in [1.165, 1.54) is 30.3 Å². The van der Waals surface area contributed by atoms with Crippen LogP contribution in [0.5, 0.6) is 0 Å². The molecule has 3 aromatic carbocycles. The molecule has 3 aromatic rings. The maximum absolute atomic E-state index is 14.2. The van der Waals surface area contributed by atoms with Crippen molar-refractivity contribution in [3.05, 3.63) is 101 Å². The average Bonchev–Trinajstić information content (AvgIpc) is 3.16. The summed E-state index contributed by atoms with van der Waals surface area (Å²) in [6, 6.07) is 19.8. The van der Waals surface area contributed by atoms with Crippen molar-refractivity contribution in [2.24, 2.45) is 0 Å². The molecule has 0 saturated carbocycles. The number of carbonyl (C=O) groups is 2. The van der Waals surface area contributed by atoms with Gasteiger partial charge in [0.2, 0.25) is 0 Å². The number of nitrogens with zero attached hydrogens (tertiary/aromatic N) is 2. The minimum Gasteiger partial charge on any atom is -0.375 e. The lowest BCUT2D eigenvalue weighted by Gasteiger charge is -2.31. The molecule has 8 heteroatoms. The monoisotopic (exact) mass is 475 g/mol. The van der Waals surface area contributed by atoms with Gasteiger partial charge in [0.25, 0.3) is 5.91 Å². The fourth-order valence-electron chi connectivity index (χ4n) is 4.40. The maximum Gasteiger partial charge on any atom is 0.263 e. The minimum atomic E-state index is -0.705. The molecule has 0 unspecified atom stereocenters. The molecule has 0 aliphatic carbocycles. The quantitative estimate of drug-likeness (QED) is 0.399. The first-order chi connectivity index (χ1) is 17.0. The Bertz CT molecular complexity index is 1310. The van der Waals surface area contributed by atoms with Crippen LogP contribution in [-0.2, 0) is 20.9 Å². The zero-order valence-corrected chi connectivity index (χ0v) is 18.8. The highest BCUT2D eigenvalue weighted by Crippen LogP contribution is 2.45. The van der Waals surface area contributed by atoms with Crippen molar-refractivity contribution < 1.29 is 23.1 Å². The van der Waals surface area contributed by atoms with E-state index in [2.05, 4.69) is 5.32 Å². The van der Waals surface area contributed by atoms with Crippen LogP contribution < -0.4 is 15.1 Å². The zero-order valence-electron chi connectivity index (χ0n) is 18.8. The highest BCUT2D eigenvalue weighted by Gasteiger charge is 2.41. The second-order valence-corrected chi connectivity index (χ2v) is 8.28. The van der Waals surface area contributed by atoms with Gasteiger partial charge in [0, 0.05) is 19.5 Å². The van der Waals surface area contributed by atoms with Crippen molar-refractivity contribution in [2.45, 2.75) is 13.0 Å². The highest BCUT2D eigenvalue weighted by atomic mass is 19.1. The van der Waals surface area contributed by atoms with Gasteiger partial charge in [-0.25, -0.2) is 8.78 Å². The molecular weight excluding hydrogens is 452 g/mol. The Labute approximate surface area is 201 Å². The molecule has 5 rings (SSSR count). The Hall–Kier alpha value is -4.04. The van der Waals surface area contributed by atoms with Crippen LogP contribution in [0.2, 0.25) is 0 Å². The molecule has 2 aliphatic heterocycles. The van der Waals surface area contributed by atoms with E-state index in [1.54, 1.807) is 17.0 Å². The number of anilines is 3. The molecule has 0 atom stereocenters. The first kappa shape index (κ1) is 22.7. The lowest BCUT2D eigenvalue weighted by molar-refractivity contribution is -0.120. The molecule has 1 amide bonds. The van der Waals surface area contributed by atoms with Gasteiger partial charge in [-0.15, -0.1) is 0 Å². The van der Waals surface area contributed by atoms with E-state index in [-0.39, 0.29) is 30.1 Å². The molecule has 2 aliphatic rings. The number of rotatable bonds is 7. The van der Waals surface area contributed by atoms with Gasteiger partial charge in [-0.1, -0.05) is 42.5 Å². The Morgan fingerprint density at radius 2 is 1.74 bits per heavy atom. The van der Waals surface area contributed by atoms with Gasteiger partial charge >= 0.3 is 0 Å². The van der Waals surface area contributed by atoms with Gasteiger partial charge in [0.15, 0.2) is 5.78 Å². The molecule has 0 fully saturated rings. The lowest BCUT2D eigenvalue weighted by Crippen LogP contribution is -2.41. The number of halogens is 2. The standard InChI is InChI=1S/C27H23F2N3O3/c28-19-10-11-22-23(16-19)32(14-15-35-17-18-6-2-1-3-7-18)27-25(24(33)12-13-31(22)27)26(34)30-21-9-5-4-8-20(21)29/h1-11,16H,12-15,17H2,(H,30,34). The summed E-state index contributed by atoms with van der Waals surface area (Å²) in [5.74, 6) is -1.73. The van der Waals surface area contributed by atoms with Crippen LogP contribution in [0.25, 0.3) is 0 Å². The summed E-state index contributed by atoms with van der Waals surface area (Å²) in [7, 11) is 0. The van der Waals surface area contributed by atoms with Crippen molar-refractivity contribution >= 4 is 28.8 Å². The summed E-state index contributed by atoms with van der Waals surface area (Å²) in [4.78, 5) is 29.8. The molecule has 2 heterocycles. The van der Waals surface area contributed by atoms with Crippen molar-refractivity contribution in [3.8, 4) is 0 Å². The van der Waals surface area contributed by atoms with Crippen molar-refractivity contribution in [2.75, 3.05) is 34.8 Å². The lowest BCUT2D eigenvalue weighted by atomic mass is 10.0. The van der Waals surface area contributed by atoms with E-state index in [0.717, 1.165) is 5.56 Å². The highest BCUT2D eigenvalue weighted by molar-refractivity contribution is 6.25. The molecule has 35 heavy (non-hydrogen) atoms. The molecule has 0 radical (unpaired) electrons. The average molecular weight is 475 g/mol. The summed E-state index contributed by atoms with van der Waals surface area (Å²) >= 11 is 0. The minimum absolute atomic E-state index is 0.0187. The summed E-state index contributed by atoms with van der Waals surface area (Å²) in [6.07, 6.45) is 0.110. The van der Waals surface area contributed by atoms with Crippen molar-refractivity contribution in [1.29, 1.82) is 0 Å². The molecule has 0 saturated heterocycles. The number of nitrogens with one attached hydrogen (secondary N) is 1. The van der Waals surface area contributed by atoms with Crippen LogP contribution in [0.15, 0.2) is 84.2 Å². The van der Waals surface area contributed by atoms with Gasteiger partial charge in [-0.2, -0.15) is 0 Å². The van der Waals surface area contributed by atoms with Gasteiger partial charge in [-0.3, -0.25) is 9.59 Å². The number of hydrogen-bond acceptors (Lipinski definition) is 5. The number of Topliss-reactive ketones (excluding diaryl/α,β-unsaturated/α-hetero) is 1. The fraction of sp³-hybridized carbons (Fsp3) is 0.185. The number of ketones is 1. The van der Waals surface area contributed by atoms with Crippen LogP contribution >= 0.6 is 0 Å². The maximum atomic E-state index is 14.2. The smallest absolute Gasteiger partial charge is 0.263 e. The first-order valence-electron chi connectivity index (χ1n) is 11.3. The van der Waals surface area contributed by atoms with E-state index in [1.807, 2.05) is 35.2 Å². The largest absolute Gasteiger partial charge is 0.375 e. The number of hydrogen-bond donors (Lipinski definition) is 1.